The van der Waals surface area contributed by atoms with Crippen LogP contribution in [0.3, 0.4) is 0 Å². The van der Waals surface area contributed by atoms with Crippen molar-refractivity contribution >= 4 is 26.2 Å². The molecule has 193 valence electrons. The van der Waals surface area contributed by atoms with E-state index in [-0.39, 0.29) is 27.2 Å². The van der Waals surface area contributed by atoms with E-state index in [0.717, 1.165) is 49.4 Å². The number of nitrogens with one attached hydrogen (secondary N) is 1. The van der Waals surface area contributed by atoms with Crippen molar-refractivity contribution in [2.75, 3.05) is 19.6 Å². The van der Waals surface area contributed by atoms with Crippen LogP contribution in [0.1, 0.15) is 53.1 Å². The Hall–Kier alpha value is -2.22. The van der Waals surface area contributed by atoms with E-state index in [2.05, 4.69) is 10.2 Å². The van der Waals surface area contributed by atoms with Gasteiger partial charge in [-0.05, 0) is 0 Å². The monoisotopic (exact) mass is 567 g/mol. The first-order valence-electron chi connectivity index (χ1n) is 12.0. The van der Waals surface area contributed by atoms with Crippen molar-refractivity contribution in [2.24, 2.45) is 0 Å². The molecule has 1 aliphatic heterocycles. The molecule has 2 fully saturated rings. The summed E-state index contributed by atoms with van der Waals surface area (Å²) in [6.07, 6.45) is -1.24. The number of hydrogen-bond acceptors (Lipinski definition) is 4. The first-order chi connectivity index (χ1) is 17.1. The fraction of sp³-hybridized carbons (Fsp3) is 0.462. The van der Waals surface area contributed by atoms with Gasteiger partial charge in [-0.1, -0.05) is 0 Å². The Kier molecular flexibility index (Phi) is 8.53. The molecule has 1 amide bonds. The number of hydrogen-bond donors (Lipinski definition) is 2. The second-order valence-electron chi connectivity index (χ2n) is 9.43. The van der Waals surface area contributed by atoms with Crippen LogP contribution in [0.15, 0.2) is 48.5 Å². The van der Waals surface area contributed by atoms with Crippen molar-refractivity contribution in [3.05, 3.63) is 71.0 Å². The number of rotatable bonds is 7. The third-order valence-corrected chi connectivity index (χ3v) is 9.70. The van der Waals surface area contributed by atoms with Gasteiger partial charge in [0.05, 0.1) is 0 Å². The summed E-state index contributed by atoms with van der Waals surface area (Å²) in [5, 5.41) is 13.0. The van der Waals surface area contributed by atoms with Gasteiger partial charge in [0.25, 0.3) is 0 Å². The second-order valence-corrected chi connectivity index (χ2v) is 12.4. The molecule has 1 aliphatic carbocycles. The van der Waals surface area contributed by atoms with Gasteiger partial charge < -0.3 is 0 Å². The Morgan fingerprint density at radius 1 is 1.03 bits per heavy atom. The van der Waals surface area contributed by atoms with Crippen LogP contribution in [0.2, 0.25) is 4.71 Å². The average Bonchev–Trinajstić information content (AvgIpc) is 3.22. The number of amides is 1. The van der Waals surface area contributed by atoms with Crippen LogP contribution >= 0.6 is 0 Å². The van der Waals surface area contributed by atoms with E-state index in [0.29, 0.717) is 25.0 Å². The number of carbonyl (C=O) groups is 2. The number of aliphatic hydroxyl groups excluding tert-OH is 1. The van der Waals surface area contributed by atoms with Crippen LogP contribution in [0.25, 0.3) is 0 Å². The van der Waals surface area contributed by atoms with Gasteiger partial charge in [-0.2, -0.15) is 0 Å². The third-order valence-electron chi connectivity index (χ3n) is 7.00. The molecule has 0 bridgehead atoms. The minimum absolute atomic E-state index is 0.155. The van der Waals surface area contributed by atoms with Crippen LogP contribution in [0.5, 0.6) is 0 Å². The van der Waals surface area contributed by atoms with E-state index in [4.69, 9.17) is 0 Å². The number of aliphatic hydroxyl groups is 1. The fourth-order valence-corrected chi connectivity index (χ4v) is 7.36. The maximum atomic E-state index is 13.2. The molecule has 0 unspecified atom stereocenters. The topological polar surface area (TPSA) is 69.6 Å². The van der Waals surface area contributed by atoms with E-state index < -0.39 is 39.5 Å². The third kappa shape index (κ3) is 6.75. The SMILES string of the molecule is O=C(CNC(=O)c1cccc(C(F)(F)F)c1)[As][C@H]1CN(C2CCC(c3ccc(F)cc3)CC2)C[C@@H]1O. The number of carbonyl (C=O) groups excluding carboxylic acids is 2. The van der Waals surface area contributed by atoms with E-state index in [1.54, 1.807) is 0 Å². The summed E-state index contributed by atoms with van der Waals surface area (Å²) >= 11 is -0.898. The molecule has 36 heavy (non-hydrogen) atoms. The minimum atomic E-state index is -4.55. The van der Waals surface area contributed by atoms with Gasteiger partial charge in [-0.15, -0.1) is 0 Å². The standard InChI is InChI=1S/C26H28AsF4N2O3/c28-20-8-4-16(5-9-20)17-6-10-21(11-7-17)33-14-22(23(34)15-33)27-24(35)13-32-25(36)18-2-1-3-19(12-18)26(29,30)31/h1-5,8-9,12,17,21-23,34H,6-7,10-11,13-15H2,(H,32,36)/t17?,21?,22-,23-/m0/s1. The van der Waals surface area contributed by atoms with Crippen LogP contribution < -0.4 is 5.32 Å². The zero-order valence-corrected chi connectivity index (χ0v) is 21.4. The number of benzene rings is 2. The summed E-state index contributed by atoms with van der Waals surface area (Å²) in [4.78, 5) is 27.0. The Bertz CT molecular complexity index is 1070. The van der Waals surface area contributed by atoms with Crippen molar-refractivity contribution in [2.45, 2.75) is 54.6 Å². The Balaban J connectivity index is 1.23. The molecule has 1 saturated carbocycles. The molecule has 1 saturated heterocycles. The van der Waals surface area contributed by atoms with Crippen molar-refractivity contribution < 1.29 is 32.3 Å². The van der Waals surface area contributed by atoms with Crippen molar-refractivity contribution in [3.8, 4) is 0 Å². The molecule has 4 rings (SSSR count). The summed E-state index contributed by atoms with van der Waals surface area (Å²) < 4.78 is 51.4. The second kappa shape index (κ2) is 11.4. The van der Waals surface area contributed by atoms with Gasteiger partial charge in [-0.25, -0.2) is 0 Å². The Labute approximate surface area is 213 Å². The molecular formula is C26H28AsF4N2O3. The molecule has 0 spiro atoms. The number of β-amino-alcohol motifs (C(OH)–C–C–N with tert-alkyl or cyclic N) is 1. The molecule has 0 aromatic heterocycles. The van der Waals surface area contributed by atoms with Crippen molar-refractivity contribution in [1.82, 2.24) is 10.2 Å². The Morgan fingerprint density at radius 3 is 2.39 bits per heavy atom. The average molecular weight is 567 g/mol. The van der Waals surface area contributed by atoms with Crippen molar-refractivity contribution in [3.63, 3.8) is 0 Å². The summed E-state index contributed by atoms with van der Waals surface area (Å²) in [6, 6.07) is 11.1. The Morgan fingerprint density at radius 2 is 1.72 bits per heavy atom. The quantitative estimate of drug-likeness (QED) is 0.392. The van der Waals surface area contributed by atoms with Gasteiger partial charge in [0.2, 0.25) is 0 Å². The first-order valence-corrected chi connectivity index (χ1v) is 14.0. The van der Waals surface area contributed by atoms with Crippen LogP contribution in [-0.4, -0.2) is 68.0 Å². The number of alkyl halides is 3. The van der Waals surface area contributed by atoms with Crippen LogP contribution in [-0.2, 0) is 11.0 Å². The number of halogens is 4. The molecule has 10 heteroatoms. The zero-order chi connectivity index (χ0) is 25.9. The normalized spacial score (nSPS) is 25.4. The van der Waals surface area contributed by atoms with Crippen LogP contribution in [0, 0.1) is 5.82 Å². The maximum absolute atomic E-state index is 13.2. The van der Waals surface area contributed by atoms with Crippen LogP contribution in [0.4, 0.5) is 17.6 Å². The summed E-state index contributed by atoms with van der Waals surface area (Å²) in [6.45, 7) is 0.873. The van der Waals surface area contributed by atoms with Crippen molar-refractivity contribution in [1.29, 1.82) is 0 Å². The molecule has 2 aliphatic rings. The number of nitrogens with zero attached hydrogens (tertiary/aromatic N) is 1. The summed E-state index contributed by atoms with van der Waals surface area (Å²) in [5.74, 6) is -0.571. The van der Waals surface area contributed by atoms with E-state index in [1.807, 2.05) is 12.1 Å². The number of likely N-dealkylation sites (tertiary alicyclic amines) is 1. The summed E-state index contributed by atoms with van der Waals surface area (Å²) in [7, 11) is 0. The van der Waals surface area contributed by atoms with Gasteiger partial charge in [0.1, 0.15) is 0 Å². The summed E-state index contributed by atoms with van der Waals surface area (Å²) in [5.41, 5.74) is 0.0721. The van der Waals surface area contributed by atoms with E-state index in [1.165, 1.54) is 18.2 Å². The predicted molar refractivity (Wildman–Crippen MR) is 127 cm³/mol. The van der Waals surface area contributed by atoms with Gasteiger partial charge in [-0.3, -0.25) is 0 Å². The molecular weight excluding hydrogens is 539 g/mol. The molecule has 5 nitrogen and oxygen atoms in total. The molecule has 1 heterocycles. The molecule has 2 atom stereocenters. The van der Waals surface area contributed by atoms with Gasteiger partial charge in [0, 0.05) is 0 Å². The fourth-order valence-electron chi connectivity index (χ4n) is 5.06. The molecule has 2 aromatic rings. The zero-order valence-electron chi connectivity index (χ0n) is 19.5. The van der Waals surface area contributed by atoms with E-state index >= 15 is 0 Å². The molecule has 1 radical (unpaired) electrons. The first kappa shape index (κ1) is 26.8. The predicted octanol–water partition coefficient (Wildman–Crippen LogP) is 4.00. The molecule has 2 N–H and O–H groups in total. The van der Waals surface area contributed by atoms with Gasteiger partial charge in [0.15, 0.2) is 0 Å². The molecule has 2 aromatic carbocycles. The van der Waals surface area contributed by atoms with E-state index in [9.17, 15) is 32.3 Å². The van der Waals surface area contributed by atoms with Gasteiger partial charge >= 0.3 is 214 Å².